The number of hydrogen-bond acceptors (Lipinski definition) is 4. The first-order valence-corrected chi connectivity index (χ1v) is 7.33. The minimum absolute atomic E-state index is 0.0196. The lowest BCUT2D eigenvalue weighted by Gasteiger charge is -2.29. The second kappa shape index (κ2) is 6.15. The molecule has 2 amide bonds. The van der Waals surface area contributed by atoms with E-state index in [1.807, 2.05) is 18.2 Å². The van der Waals surface area contributed by atoms with Gasteiger partial charge >= 0.3 is 0 Å². The van der Waals surface area contributed by atoms with Crippen molar-refractivity contribution in [2.75, 3.05) is 39.8 Å². The van der Waals surface area contributed by atoms with Crippen molar-refractivity contribution in [2.45, 2.75) is 0 Å². The van der Waals surface area contributed by atoms with E-state index < -0.39 is 0 Å². The van der Waals surface area contributed by atoms with E-state index in [1.165, 1.54) is 4.90 Å². The van der Waals surface area contributed by atoms with E-state index in [0.29, 0.717) is 18.7 Å². The molecule has 0 aromatic carbocycles. The zero-order chi connectivity index (χ0) is 15.5. The number of rotatable bonds is 3. The maximum absolute atomic E-state index is 12.5. The minimum atomic E-state index is -0.190. The fourth-order valence-electron chi connectivity index (χ4n) is 2.59. The van der Waals surface area contributed by atoms with Crippen LogP contribution in [-0.4, -0.2) is 71.0 Å². The SMILES string of the molecule is CN(CC(=O)N1CCNCC1)C(=O)c1cnn2ccccc12. The molecule has 1 aliphatic rings. The molecular weight excluding hydrogens is 282 g/mol. The highest BCUT2D eigenvalue weighted by Gasteiger charge is 2.22. The summed E-state index contributed by atoms with van der Waals surface area (Å²) in [6, 6.07) is 5.55. The first kappa shape index (κ1) is 14.5. The fourth-order valence-corrected chi connectivity index (χ4v) is 2.59. The Labute approximate surface area is 128 Å². The number of fused-ring (bicyclic) bond motifs is 1. The van der Waals surface area contributed by atoms with Crippen molar-refractivity contribution in [3.63, 3.8) is 0 Å². The summed E-state index contributed by atoms with van der Waals surface area (Å²) in [5.74, 6) is -0.210. The van der Waals surface area contributed by atoms with Gasteiger partial charge in [-0.3, -0.25) is 9.59 Å². The second-order valence-corrected chi connectivity index (χ2v) is 5.38. The molecule has 0 bridgehead atoms. The first-order chi connectivity index (χ1) is 10.7. The molecule has 1 saturated heterocycles. The van der Waals surface area contributed by atoms with Gasteiger partial charge in [-0.1, -0.05) is 6.07 Å². The van der Waals surface area contributed by atoms with Gasteiger partial charge in [0.1, 0.15) is 0 Å². The predicted molar refractivity (Wildman–Crippen MR) is 81.6 cm³/mol. The molecule has 0 aliphatic carbocycles. The van der Waals surface area contributed by atoms with Gasteiger partial charge in [0, 0.05) is 39.4 Å². The van der Waals surface area contributed by atoms with E-state index in [1.54, 1.807) is 28.9 Å². The van der Waals surface area contributed by atoms with E-state index in [9.17, 15) is 9.59 Å². The highest BCUT2D eigenvalue weighted by molar-refractivity contribution is 6.01. The average molecular weight is 301 g/mol. The summed E-state index contributed by atoms with van der Waals surface area (Å²) in [5.41, 5.74) is 1.25. The van der Waals surface area contributed by atoms with Crippen molar-refractivity contribution in [3.05, 3.63) is 36.2 Å². The van der Waals surface area contributed by atoms with Gasteiger partial charge in [0.25, 0.3) is 5.91 Å². The Bertz CT molecular complexity index is 690. The van der Waals surface area contributed by atoms with Crippen LogP contribution in [0.15, 0.2) is 30.6 Å². The quantitative estimate of drug-likeness (QED) is 0.855. The molecule has 1 aliphatic heterocycles. The molecule has 22 heavy (non-hydrogen) atoms. The smallest absolute Gasteiger partial charge is 0.257 e. The molecule has 0 spiro atoms. The summed E-state index contributed by atoms with van der Waals surface area (Å²) in [5, 5.41) is 7.36. The number of likely N-dealkylation sites (N-methyl/N-ethyl adjacent to an activating group) is 1. The zero-order valence-corrected chi connectivity index (χ0v) is 12.5. The van der Waals surface area contributed by atoms with Crippen molar-refractivity contribution in [1.29, 1.82) is 0 Å². The summed E-state index contributed by atoms with van der Waals surface area (Å²) in [4.78, 5) is 28.0. The highest BCUT2D eigenvalue weighted by atomic mass is 16.2. The number of carbonyl (C=O) groups is 2. The predicted octanol–water partition coefficient (Wildman–Crippen LogP) is -0.162. The van der Waals surface area contributed by atoms with Gasteiger partial charge in [-0.2, -0.15) is 5.10 Å². The van der Waals surface area contributed by atoms with Crippen molar-refractivity contribution in [1.82, 2.24) is 24.7 Å². The van der Waals surface area contributed by atoms with Gasteiger partial charge in [-0.05, 0) is 12.1 Å². The topological polar surface area (TPSA) is 70.0 Å². The Morgan fingerprint density at radius 3 is 2.86 bits per heavy atom. The molecule has 3 heterocycles. The lowest BCUT2D eigenvalue weighted by atomic mass is 10.2. The number of pyridine rings is 1. The summed E-state index contributed by atoms with van der Waals surface area (Å²) < 4.78 is 1.65. The molecule has 0 saturated carbocycles. The number of amides is 2. The van der Waals surface area contributed by atoms with E-state index in [0.717, 1.165) is 18.6 Å². The highest BCUT2D eigenvalue weighted by Crippen LogP contribution is 2.12. The summed E-state index contributed by atoms with van der Waals surface area (Å²) in [6.07, 6.45) is 3.33. The van der Waals surface area contributed by atoms with Crippen LogP contribution < -0.4 is 5.32 Å². The summed E-state index contributed by atoms with van der Waals surface area (Å²) in [7, 11) is 1.65. The molecule has 0 radical (unpaired) electrons. The van der Waals surface area contributed by atoms with Crippen LogP contribution in [0.1, 0.15) is 10.4 Å². The van der Waals surface area contributed by atoms with Crippen LogP contribution >= 0.6 is 0 Å². The van der Waals surface area contributed by atoms with Crippen LogP contribution in [0.2, 0.25) is 0 Å². The van der Waals surface area contributed by atoms with Gasteiger partial charge in [-0.25, -0.2) is 4.52 Å². The fraction of sp³-hybridized carbons (Fsp3) is 0.400. The molecule has 0 unspecified atom stereocenters. The van der Waals surface area contributed by atoms with Crippen molar-refractivity contribution < 1.29 is 9.59 Å². The Hall–Kier alpha value is -2.41. The number of carbonyl (C=O) groups excluding carboxylic acids is 2. The van der Waals surface area contributed by atoms with Gasteiger partial charge in [-0.15, -0.1) is 0 Å². The maximum Gasteiger partial charge on any atom is 0.257 e. The molecule has 0 atom stereocenters. The Balaban J connectivity index is 1.70. The Morgan fingerprint density at radius 1 is 1.32 bits per heavy atom. The van der Waals surface area contributed by atoms with Crippen LogP contribution in [0.4, 0.5) is 0 Å². The van der Waals surface area contributed by atoms with Crippen molar-refractivity contribution in [3.8, 4) is 0 Å². The number of nitrogens with one attached hydrogen (secondary N) is 1. The van der Waals surface area contributed by atoms with Gasteiger partial charge < -0.3 is 15.1 Å². The van der Waals surface area contributed by atoms with Gasteiger partial charge in [0.05, 0.1) is 23.8 Å². The Kier molecular flexibility index (Phi) is 4.06. The normalized spacial score (nSPS) is 15.0. The number of aromatic nitrogens is 2. The van der Waals surface area contributed by atoms with E-state index in [4.69, 9.17) is 0 Å². The van der Waals surface area contributed by atoms with Crippen LogP contribution in [0.25, 0.3) is 5.52 Å². The number of hydrogen-bond donors (Lipinski definition) is 1. The van der Waals surface area contributed by atoms with E-state index in [2.05, 4.69) is 10.4 Å². The zero-order valence-electron chi connectivity index (χ0n) is 12.5. The molecule has 1 fully saturated rings. The largest absolute Gasteiger partial charge is 0.339 e. The summed E-state index contributed by atoms with van der Waals surface area (Å²) in [6.45, 7) is 3.08. The summed E-state index contributed by atoms with van der Waals surface area (Å²) >= 11 is 0. The molecule has 7 nitrogen and oxygen atoms in total. The molecule has 2 aromatic heterocycles. The standard InChI is InChI=1S/C15H19N5O2/c1-18(11-14(21)19-8-5-16-6-9-19)15(22)12-10-17-20-7-3-2-4-13(12)20/h2-4,7,10,16H,5-6,8-9,11H2,1H3. The minimum Gasteiger partial charge on any atom is -0.339 e. The monoisotopic (exact) mass is 301 g/mol. The third-order valence-electron chi connectivity index (χ3n) is 3.85. The molecule has 116 valence electrons. The van der Waals surface area contributed by atoms with Crippen LogP contribution in [-0.2, 0) is 4.79 Å². The third kappa shape index (κ3) is 2.80. The number of piperazine rings is 1. The molecular formula is C15H19N5O2. The first-order valence-electron chi connectivity index (χ1n) is 7.33. The third-order valence-corrected chi connectivity index (χ3v) is 3.85. The van der Waals surface area contributed by atoms with Crippen molar-refractivity contribution in [2.24, 2.45) is 0 Å². The average Bonchev–Trinajstić information content (AvgIpc) is 2.99. The molecule has 7 heteroatoms. The molecule has 2 aromatic rings. The lowest BCUT2D eigenvalue weighted by Crippen LogP contribution is -2.49. The van der Waals surface area contributed by atoms with E-state index in [-0.39, 0.29) is 18.4 Å². The number of nitrogens with zero attached hydrogens (tertiary/aromatic N) is 4. The lowest BCUT2D eigenvalue weighted by molar-refractivity contribution is -0.132. The van der Waals surface area contributed by atoms with Crippen LogP contribution in [0, 0.1) is 0 Å². The van der Waals surface area contributed by atoms with Gasteiger partial charge in [0.2, 0.25) is 5.91 Å². The van der Waals surface area contributed by atoms with Crippen LogP contribution in [0.3, 0.4) is 0 Å². The Morgan fingerprint density at radius 2 is 2.09 bits per heavy atom. The maximum atomic E-state index is 12.5. The molecule has 3 rings (SSSR count). The molecule has 1 N–H and O–H groups in total. The van der Waals surface area contributed by atoms with Gasteiger partial charge in [0.15, 0.2) is 0 Å². The van der Waals surface area contributed by atoms with E-state index >= 15 is 0 Å². The second-order valence-electron chi connectivity index (χ2n) is 5.38. The van der Waals surface area contributed by atoms with Crippen LogP contribution in [0.5, 0.6) is 0 Å². The van der Waals surface area contributed by atoms with Crippen molar-refractivity contribution >= 4 is 17.3 Å².